The van der Waals surface area contributed by atoms with Crippen molar-refractivity contribution >= 4 is 11.6 Å². The fourth-order valence-corrected chi connectivity index (χ4v) is 2.47. The van der Waals surface area contributed by atoms with Gasteiger partial charge in [0.2, 0.25) is 5.91 Å². The minimum Gasteiger partial charge on any atom is -0.324 e. The summed E-state index contributed by atoms with van der Waals surface area (Å²) in [5.41, 5.74) is 10.6. The molecule has 3 rings (SSSR count). The lowest BCUT2D eigenvalue weighted by molar-refractivity contribution is -0.121. The maximum absolute atomic E-state index is 11.7. The second kappa shape index (κ2) is 3.46. The Labute approximate surface area is 94.3 Å². The van der Waals surface area contributed by atoms with Crippen LogP contribution >= 0.6 is 0 Å². The molecule has 3 nitrogen and oxygen atoms in total. The van der Waals surface area contributed by atoms with Crippen molar-refractivity contribution in [2.45, 2.75) is 25.3 Å². The van der Waals surface area contributed by atoms with Gasteiger partial charge < -0.3 is 11.1 Å². The molecule has 3 heteroatoms. The second-order valence-electron chi connectivity index (χ2n) is 4.45. The average Bonchev–Trinajstić information content (AvgIpc) is 2.58. The van der Waals surface area contributed by atoms with Gasteiger partial charge in [0, 0.05) is 11.3 Å². The lowest BCUT2D eigenvalue weighted by atomic mass is 10.0. The molecule has 1 amide bonds. The van der Waals surface area contributed by atoms with E-state index >= 15 is 0 Å². The SMILES string of the molecule is NC1CCC2=C(NC1=O)c1ccccc1C2. The highest BCUT2D eigenvalue weighted by Gasteiger charge is 2.27. The number of benzene rings is 1. The van der Waals surface area contributed by atoms with E-state index in [1.165, 1.54) is 16.7 Å². The molecule has 1 aliphatic carbocycles. The van der Waals surface area contributed by atoms with Crippen molar-refractivity contribution < 1.29 is 4.79 Å². The molecule has 0 bridgehead atoms. The van der Waals surface area contributed by atoms with Gasteiger partial charge in [-0.05, 0) is 30.4 Å². The zero-order chi connectivity index (χ0) is 11.1. The van der Waals surface area contributed by atoms with Gasteiger partial charge in [-0.25, -0.2) is 0 Å². The third-order valence-corrected chi connectivity index (χ3v) is 3.39. The highest BCUT2D eigenvalue weighted by Crippen LogP contribution is 2.34. The fourth-order valence-electron chi connectivity index (χ4n) is 2.47. The maximum Gasteiger partial charge on any atom is 0.241 e. The molecule has 0 saturated carbocycles. The van der Waals surface area contributed by atoms with Crippen LogP contribution in [0.4, 0.5) is 0 Å². The second-order valence-corrected chi connectivity index (χ2v) is 4.45. The smallest absolute Gasteiger partial charge is 0.241 e. The van der Waals surface area contributed by atoms with E-state index in [4.69, 9.17) is 5.73 Å². The topological polar surface area (TPSA) is 55.1 Å². The molecule has 0 radical (unpaired) electrons. The van der Waals surface area contributed by atoms with Crippen LogP contribution in [-0.2, 0) is 11.2 Å². The number of hydrogen-bond acceptors (Lipinski definition) is 2. The number of carbonyl (C=O) groups is 1. The minimum absolute atomic E-state index is 0.0540. The number of amides is 1. The summed E-state index contributed by atoms with van der Waals surface area (Å²) in [6.45, 7) is 0. The van der Waals surface area contributed by atoms with E-state index in [9.17, 15) is 4.79 Å². The molecule has 0 aromatic heterocycles. The molecule has 1 heterocycles. The molecular weight excluding hydrogens is 200 g/mol. The maximum atomic E-state index is 11.7. The highest BCUT2D eigenvalue weighted by atomic mass is 16.2. The molecule has 1 atom stereocenters. The molecular formula is C13H14N2O. The van der Waals surface area contributed by atoms with E-state index in [1.54, 1.807) is 0 Å². The molecule has 3 N–H and O–H groups in total. The standard InChI is InChI=1S/C13H14N2O/c14-11-6-5-9-7-8-3-1-2-4-10(8)12(9)15-13(11)16/h1-4,11H,5-7,14H2,(H,15,16). The van der Waals surface area contributed by atoms with E-state index in [0.717, 1.165) is 25.0 Å². The van der Waals surface area contributed by atoms with Crippen LogP contribution in [0.5, 0.6) is 0 Å². The molecule has 0 spiro atoms. The first kappa shape index (κ1) is 9.60. The van der Waals surface area contributed by atoms with Crippen LogP contribution in [-0.4, -0.2) is 11.9 Å². The Morgan fingerprint density at radius 1 is 1.31 bits per heavy atom. The molecule has 16 heavy (non-hydrogen) atoms. The number of nitrogens with two attached hydrogens (primary N) is 1. The van der Waals surface area contributed by atoms with E-state index in [2.05, 4.69) is 17.4 Å². The third-order valence-electron chi connectivity index (χ3n) is 3.39. The fraction of sp³-hybridized carbons (Fsp3) is 0.308. The Kier molecular flexibility index (Phi) is 2.07. The van der Waals surface area contributed by atoms with E-state index in [0.29, 0.717) is 0 Å². The van der Waals surface area contributed by atoms with E-state index < -0.39 is 0 Å². The molecule has 0 saturated heterocycles. The first-order valence-electron chi connectivity index (χ1n) is 5.62. The summed E-state index contributed by atoms with van der Waals surface area (Å²) in [7, 11) is 0. The number of carbonyl (C=O) groups excluding carboxylic acids is 1. The van der Waals surface area contributed by atoms with Gasteiger partial charge in [-0.3, -0.25) is 4.79 Å². The Hall–Kier alpha value is -1.61. The van der Waals surface area contributed by atoms with Crippen LogP contribution in [0, 0.1) is 0 Å². The van der Waals surface area contributed by atoms with Gasteiger partial charge in [-0.2, -0.15) is 0 Å². The minimum atomic E-state index is -0.363. The van der Waals surface area contributed by atoms with Crippen molar-refractivity contribution in [3.05, 3.63) is 41.0 Å². The van der Waals surface area contributed by atoms with Gasteiger partial charge >= 0.3 is 0 Å². The predicted molar refractivity (Wildman–Crippen MR) is 62.4 cm³/mol. The monoisotopic (exact) mass is 214 g/mol. The van der Waals surface area contributed by atoms with Crippen LogP contribution in [0.15, 0.2) is 29.8 Å². The quantitative estimate of drug-likeness (QED) is 0.681. The number of hydrogen-bond donors (Lipinski definition) is 2. The Morgan fingerprint density at radius 3 is 3.00 bits per heavy atom. The average molecular weight is 214 g/mol. The summed E-state index contributed by atoms with van der Waals surface area (Å²) < 4.78 is 0. The van der Waals surface area contributed by atoms with Gasteiger partial charge in [0.15, 0.2) is 0 Å². The molecule has 0 fully saturated rings. The molecule has 82 valence electrons. The summed E-state index contributed by atoms with van der Waals surface area (Å²) in [5.74, 6) is -0.0540. The number of allylic oxidation sites excluding steroid dienone is 1. The van der Waals surface area contributed by atoms with Crippen molar-refractivity contribution in [3.63, 3.8) is 0 Å². The molecule has 1 unspecified atom stereocenters. The van der Waals surface area contributed by atoms with Gasteiger partial charge in [-0.1, -0.05) is 24.3 Å². The van der Waals surface area contributed by atoms with Crippen LogP contribution in [0.2, 0.25) is 0 Å². The molecule has 1 aliphatic heterocycles. The summed E-state index contributed by atoms with van der Waals surface area (Å²) in [4.78, 5) is 11.7. The van der Waals surface area contributed by atoms with Crippen LogP contribution in [0.1, 0.15) is 24.0 Å². The molecule has 2 aliphatic rings. The summed E-state index contributed by atoms with van der Waals surface area (Å²) in [6, 6.07) is 7.87. The Bertz CT molecular complexity index is 490. The van der Waals surface area contributed by atoms with Crippen molar-refractivity contribution in [2.75, 3.05) is 0 Å². The highest BCUT2D eigenvalue weighted by molar-refractivity contribution is 5.93. The van der Waals surface area contributed by atoms with Crippen LogP contribution in [0.25, 0.3) is 5.70 Å². The molecule has 1 aromatic rings. The Morgan fingerprint density at radius 2 is 2.12 bits per heavy atom. The van der Waals surface area contributed by atoms with Crippen LogP contribution in [0.3, 0.4) is 0 Å². The van der Waals surface area contributed by atoms with Gasteiger partial charge in [0.1, 0.15) is 0 Å². The first-order chi connectivity index (χ1) is 7.75. The van der Waals surface area contributed by atoms with Crippen LogP contribution < -0.4 is 11.1 Å². The number of fused-ring (bicyclic) bond motifs is 2. The lowest BCUT2D eigenvalue weighted by Gasteiger charge is -2.10. The predicted octanol–water partition coefficient (Wildman–Crippen LogP) is 1.19. The van der Waals surface area contributed by atoms with Crippen molar-refractivity contribution in [1.82, 2.24) is 5.32 Å². The van der Waals surface area contributed by atoms with Crippen molar-refractivity contribution in [2.24, 2.45) is 5.73 Å². The molecule has 1 aromatic carbocycles. The normalized spacial score (nSPS) is 23.6. The first-order valence-corrected chi connectivity index (χ1v) is 5.62. The number of nitrogens with one attached hydrogen (secondary N) is 1. The zero-order valence-corrected chi connectivity index (χ0v) is 8.99. The number of rotatable bonds is 0. The Balaban J connectivity index is 2.03. The summed E-state index contributed by atoms with van der Waals surface area (Å²) in [5, 5.41) is 2.96. The van der Waals surface area contributed by atoms with Gasteiger partial charge in [-0.15, -0.1) is 0 Å². The summed E-state index contributed by atoms with van der Waals surface area (Å²) in [6.07, 6.45) is 2.63. The van der Waals surface area contributed by atoms with E-state index in [1.807, 2.05) is 12.1 Å². The van der Waals surface area contributed by atoms with Crippen molar-refractivity contribution in [3.8, 4) is 0 Å². The van der Waals surface area contributed by atoms with Gasteiger partial charge in [0.25, 0.3) is 0 Å². The zero-order valence-electron chi connectivity index (χ0n) is 8.99. The van der Waals surface area contributed by atoms with Crippen molar-refractivity contribution in [1.29, 1.82) is 0 Å². The summed E-state index contributed by atoms with van der Waals surface area (Å²) >= 11 is 0. The van der Waals surface area contributed by atoms with Gasteiger partial charge in [0.05, 0.1) is 6.04 Å². The lowest BCUT2D eigenvalue weighted by Crippen LogP contribution is -2.38. The largest absolute Gasteiger partial charge is 0.324 e. The van der Waals surface area contributed by atoms with E-state index in [-0.39, 0.29) is 11.9 Å². The third kappa shape index (κ3) is 1.36.